The van der Waals surface area contributed by atoms with Gasteiger partial charge in [0.2, 0.25) is 0 Å². The van der Waals surface area contributed by atoms with Crippen molar-refractivity contribution in [2.24, 2.45) is 5.92 Å². The number of fused-ring (bicyclic) bond motifs is 4. The average molecular weight is 705 g/mol. The van der Waals surface area contributed by atoms with Crippen LogP contribution in [0.2, 0.25) is 0 Å². The van der Waals surface area contributed by atoms with E-state index in [2.05, 4.69) is 223 Å². The van der Waals surface area contributed by atoms with Crippen LogP contribution in [0.15, 0.2) is 212 Å². The van der Waals surface area contributed by atoms with Gasteiger partial charge in [0.05, 0.1) is 11.4 Å². The summed E-state index contributed by atoms with van der Waals surface area (Å²) in [5.74, 6) is 0.515. The second-order valence-electron chi connectivity index (χ2n) is 14.5. The summed E-state index contributed by atoms with van der Waals surface area (Å²) in [6, 6.07) is 68.4. The van der Waals surface area contributed by atoms with E-state index in [0.717, 1.165) is 23.5 Å². The quantitative estimate of drug-likeness (QED) is 0.152. The first kappa shape index (κ1) is 32.7. The molecular weight excluding hydrogens is 665 g/mol. The van der Waals surface area contributed by atoms with E-state index in [0.29, 0.717) is 5.92 Å². The van der Waals surface area contributed by atoms with E-state index in [-0.39, 0.29) is 0 Å². The molecule has 1 aliphatic rings. The lowest BCUT2D eigenvalue weighted by atomic mass is 9.84. The molecule has 0 saturated carbocycles. The first-order chi connectivity index (χ1) is 27.3. The minimum atomic E-state index is 0.515. The van der Waals surface area contributed by atoms with Crippen molar-refractivity contribution in [3.05, 3.63) is 212 Å². The first-order valence-corrected chi connectivity index (χ1v) is 19.3. The Morgan fingerprint density at radius 3 is 1.02 bits per heavy atom. The summed E-state index contributed by atoms with van der Waals surface area (Å²) >= 11 is 0. The second kappa shape index (κ2) is 13.8. The minimum absolute atomic E-state index is 0.515. The number of benzene rings is 9. The Hall–Kier alpha value is -6.90. The smallest absolute Gasteiger partial charge is 0.0618 e. The summed E-state index contributed by atoms with van der Waals surface area (Å²) in [7, 11) is 0. The molecule has 2 nitrogen and oxygen atoms in total. The molecule has 0 aliphatic heterocycles. The molecule has 0 radical (unpaired) electrons. The Bertz CT molecular complexity index is 2760. The van der Waals surface area contributed by atoms with Crippen LogP contribution in [0.1, 0.15) is 13.3 Å². The lowest BCUT2D eigenvalue weighted by molar-refractivity contribution is 0.728. The number of hydrogen-bond acceptors (Lipinski definition) is 2. The molecule has 1 unspecified atom stereocenters. The van der Waals surface area contributed by atoms with E-state index >= 15 is 0 Å². The van der Waals surface area contributed by atoms with Crippen LogP contribution in [0, 0.1) is 5.92 Å². The largest absolute Gasteiger partial charge is 0.310 e. The van der Waals surface area contributed by atoms with Crippen molar-refractivity contribution in [2.45, 2.75) is 13.3 Å². The zero-order valence-electron chi connectivity index (χ0n) is 30.8. The molecule has 0 saturated heterocycles. The number of para-hydroxylation sites is 3. The van der Waals surface area contributed by atoms with Crippen molar-refractivity contribution >= 4 is 71.5 Å². The third kappa shape index (κ3) is 5.57. The molecule has 55 heavy (non-hydrogen) atoms. The van der Waals surface area contributed by atoms with Crippen LogP contribution in [0.3, 0.4) is 0 Å². The highest BCUT2D eigenvalue weighted by Crippen LogP contribution is 2.53. The van der Waals surface area contributed by atoms with Gasteiger partial charge in [-0.3, -0.25) is 0 Å². The van der Waals surface area contributed by atoms with Gasteiger partial charge in [0.25, 0.3) is 0 Å². The number of rotatable bonds is 7. The van der Waals surface area contributed by atoms with E-state index in [9.17, 15) is 0 Å². The van der Waals surface area contributed by atoms with Crippen LogP contribution in [0.5, 0.6) is 0 Å². The van der Waals surface area contributed by atoms with Crippen molar-refractivity contribution in [3.8, 4) is 11.1 Å². The van der Waals surface area contributed by atoms with E-state index < -0.39 is 0 Å². The van der Waals surface area contributed by atoms with Crippen LogP contribution in [-0.4, -0.2) is 0 Å². The normalized spacial score (nSPS) is 14.1. The molecular formula is C53H40N2. The van der Waals surface area contributed by atoms with Gasteiger partial charge in [-0.2, -0.15) is 0 Å². The molecule has 0 bridgehead atoms. The fourth-order valence-corrected chi connectivity index (χ4v) is 8.66. The summed E-state index contributed by atoms with van der Waals surface area (Å²) in [6.07, 6.45) is 8.07. The third-order valence-electron chi connectivity index (χ3n) is 11.1. The van der Waals surface area contributed by atoms with Crippen molar-refractivity contribution in [2.75, 3.05) is 9.80 Å². The van der Waals surface area contributed by atoms with E-state index in [1.54, 1.807) is 0 Å². The number of anilines is 5. The summed E-state index contributed by atoms with van der Waals surface area (Å²) in [4.78, 5) is 4.91. The van der Waals surface area contributed by atoms with Crippen LogP contribution >= 0.6 is 0 Å². The van der Waals surface area contributed by atoms with Gasteiger partial charge in [-0.05, 0) is 87.5 Å². The van der Waals surface area contributed by atoms with E-state index in [1.807, 2.05) is 0 Å². The Morgan fingerprint density at radius 1 is 0.364 bits per heavy atom. The van der Waals surface area contributed by atoms with Gasteiger partial charge in [0.15, 0.2) is 0 Å². The molecule has 0 amide bonds. The highest BCUT2D eigenvalue weighted by Gasteiger charge is 2.27. The topological polar surface area (TPSA) is 6.48 Å². The minimum Gasteiger partial charge on any atom is -0.310 e. The summed E-state index contributed by atoms with van der Waals surface area (Å²) in [5.41, 5.74) is 9.50. The van der Waals surface area contributed by atoms with Crippen LogP contribution in [0.4, 0.5) is 28.4 Å². The summed E-state index contributed by atoms with van der Waals surface area (Å²) in [6.45, 7) is 2.29. The van der Waals surface area contributed by atoms with Gasteiger partial charge in [0.1, 0.15) is 0 Å². The standard InChI is InChI=1S/C53H40N2/c1-37-33-35-41(36-34-37)55(40-23-9-4-10-24-40)53-48-31-17-13-27-44(48)51(45-28-14-18-32-49(45)53)50-42-25-11-15-29-46(42)52(47-30-16-12-26-43(47)50)54(38-19-5-2-6-20-38)39-21-7-3-8-22-39/h2-33,35-37H,34H2,1H3. The molecule has 262 valence electrons. The molecule has 0 aromatic heterocycles. The SMILES string of the molecule is CC1C=CC(N(c2ccccc2)c2c3ccccc3c(-c3c4ccccc4c(N(c4ccccc4)c4ccccc4)c4ccccc34)c3ccccc23)=CC1. The van der Waals surface area contributed by atoms with E-state index in [1.165, 1.54) is 71.3 Å². The molecule has 9 aromatic rings. The molecule has 0 fully saturated rings. The molecule has 10 rings (SSSR count). The number of allylic oxidation sites excluding steroid dienone is 3. The predicted molar refractivity (Wildman–Crippen MR) is 236 cm³/mol. The predicted octanol–water partition coefficient (Wildman–Crippen LogP) is 15.1. The molecule has 9 aromatic carbocycles. The van der Waals surface area contributed by atoms with Gasteiger partial charge in [-0.1, -0.05) is 171 Å². The molecule has 1 atom stereocenters. The highest BCUT2D eigenvalue weighted by atomic mass is 15.2. The van der Waals surface area contributed by atoms with Crippen molar-refractivity contribution in [1.29, 1.82) is 0 Å². The summed E-state index contributed by atoms with van der Waals surface area (Å²) < 4.78 is 0. The Kier molecular flexibility index (Phi) is 8.22. The van der Waals surface area contributed by atoms with Gasteiger partial charge < -0.3 is 9.80 Å². The zero-order chi connectivity index (χ0) is 36.7. The molecule has 1 aliphatic carbocycles. The van der Waals surface area contributed by atoms with Crippen LogP contribution < -0.4 is 9.80 Å². The van der Waals surface area contributed by atoms with Gasteiger partial charge in [-0.15, -0.1) is 0 Å². The molecule has 0 heterocycles. The maximum absolute atomic E-state index is 2.48. The highest BCUT2D eigenvalue weighted by molar-refractivity contribution is 6.30. The Labute approximate surface area is 322 Å². The van der Waals surface area contributed by atoms with Crippen molar-refractivity contribution < 1.29 is 0 Å². The fraction of sp³-hybridized carbons (Fsp3) is 0.0566. The Balaban J connectivity index is 1.34. The Morgan fingerprint density at radius 2 is 0.673 bits per heavy atom. The number of hydrogen-bond donors (Lipinski definition) is 0. The van der Waals surface area contributed by atoms with Crippen molar-refractivity contribution in [3.63, 3.8) is 0 Å². The molecule has 0 spiro atoms. The van der Waals surface area contributed by atoms with Crippen molar-refractivity contribution in [1.82, 2.24) is 0 Å². The molecule has 0 N–H and O–H groups in total. The van der Waals surface area contributed by atoms with E-state index in [4.69, 9.17) is 0 Å². The maximum atomic E-state index is 2.48. The molecule has 2 heteroatoms. The fourth-order valence-electron chi connectivity index (χ4n) is 8.66. The monoisotopic (exact) mass is 704 g/mol. The zero-order valence-corrected chi connectivity index (χ0v) is 30.8. The van der Waals surface area contributed by atoms with Gasteiger partial charge >= 0.3 is 0 Å². The third-order valence-corrected chi connectivity index (χ3v) is 11.1. The van der Waals surface area contributed by atoms with Gasteiger partial charge in [-0.25, -0.2) is 0 Å². The van der Waals surface area contributed by atoms with Crippen LogP contribution in [0.25, 0.3) is 54.2 Å². The lowest BCUT2D eigenvalue weighted by Crippen LogP contribution is -2.18. The van der Waals surface area contributed by atoms with Crippen LogP contribution in [-0.2, 0) is 0 Å². The second-order valence-corrected chi connectivity index (χ2v) is 14.5. The maximum Gasteiger partial charge on any atom is 0.0618 e. The van der Waals surface area contributed by atoms with Gasteiger partial charge in [0, 0.05) is 44.3 Å². The average Bonchev–Trinajstić information content (AvgIpc) is 3.25. The first-order valence-electron chi connectivity index (χ1n) is 19.3. The lowest BCUT2D eigenvalue weighted by Gasteiger charge is -2.32. The summed E-state index contributed by atoms with van der Waals surface area (Å²) in [5, 5.41) is 9.78. The number of nitrogens with zero attached hydrogens (tertiary/aromatic N) is 2.